The van der Waals surface area contributed by atoms with Gasteiger partial charge >= 0.3 is 6.03 Å². The Kier molecular flexibility index (Phi) is 4.73. The molecule has 2 heterocycles. The Morgan fingerprint density at radius 3 is 2.96 bits per heavy atom. The average Bonchev–Trinajstić information content (AvgIpc) is 3.14. The van der Waals surface area contributed by atoms with Crippen LogP contribution in [-0.2, 0) is 19.4 Å². The zero-order valence-corrected chi connectivity index (χ0v) is 13.4. The minimum atomic E-state index is -0.928. The lowest BCUT2D eigenvalue weighted by atomic mass is 10.1. The minimum Gasteiger partial charge on any atom is -0.338 e. The third-order valence-corrected chi connectivity index (χ3v) is 4.11. The summed E-state index contributed by atoms with van der Waals surface area (Å²) in [6, 6.07) is 2.78. The van der Waals surface area contributed by atoms with Gasteiger partial charge in [-0.15, -0.1) is 10.2 Å². The molecule has 6 nitrogen and oxygen atoms in total. The van der Waals surface area contributed by atoms with E-state index in [9.17, 15) is 13.6 Å². The fourth-order valence-electron chi connectivity index (χ4n) is 2.80. The number of fused-ring (bicyclic) bond motifs is 1. The molecule has 1 aliphatic rings. The van der Waals surface area contributed by atoms with Crippen LogP contribution >= 0.6 is 0 Å². The molecular weight excluding hydrogens is 316 g/mol. The van der Waals surface area contributed by atoms with E-state index in [1.54, 1.807) is 6.92 Å². The number of carbonyl (C=O) groups is 1. The Labute approximate surface area is 138 Å². The maximum Gasteiger partial charge on any atom is 0.315 e. The first kappa shape index (κ1) is 16.4. The molecule has 0 aliphatic carbocycles. The number of urea groups is 1. The number of rotatable bonds is 5. The quantitative estimate of drug-likeness (QED) is 0.879. The van der Waals surface area contributed by atoms with E-state index in [0.29, 0.717) is 18.5 Å². The number of benzene rings is 1. The molecule has 0 radical (unpaired) electrons. The third-order valence-electron chi connectivity index (χ3n) is 4.11. The van der Waals surface area contributed by atoms with Crippen molar-refractivity contribution in [3.05, 3.63) is 47.0 Å². The molecule has 1 aromatic carbocycles. The van der Waals surface area contributed by atoms with Crippen molar-refractivity contribution in [1.82, 2.24) is 25.4 Å². The van der Waals surface area contributed by atoms with Crippen molar-refractivity contribution in [3.63, 3.8) is 0 Å². The second kappa shape index (κ2) is 6.94. The van der Waals surface area contributed by atoms with Gasteiger partial charge in [0, 0.05) is 25.9 Å². The van der Waals surface area contributed by atoms with E-state index in [-0.39, 0.29) is 6.03 Å². The normalized spacial score (nSPS) is 14.3. The van der Waals surface area contributed by atoms with Crippen LogP contribution in [0.15, 0.2) is 18.2 Å². The summed E-state index contributed by atoms with van der Waals surface area (Å²) in [5.74, 6) is 0.0383. The predicted octanol–water partition coefficient (Wildman–Crippen LogP) is 2.11. The highest BCUT2D eigenvalue weighted by Gasteiger charge is 2.17. The second-order valence-corrected chi connectivity index (χ2v) is 5.83. The van der Waals surface area contributed by atoms with Crippen LogP contribution in [0, 0.1) is 11.6 Å². The Morgan fingerprint density at radius 1 is 1.33 bits per heavy atom. The molecule has 3 rings (SSSR count). The first-order valence-electron chi connectivity index (χ1n) is 7.95. The molecule has 8 heteroatoms. The van der Waals surface area contributed by atoms with Crippen molar-refractivity contribution in [2.24, 2.45) is 0 Å². The van der Waals surface area contributed by atoms with Crippen LogP contribution in [0.3, 0.4) is 0 Å². The molecule has 0 unspecified atom stereocenters. The molecule has 0 saturated carbocycles. The van der Waals surface area contributed by atoms with Gasteiger partial charge < -0.3 is 15.2 Å². The van der Waals surface area contributed by atoms with Crippen LogP contribution in [0.4, 0.5) is 13.6 Å². The van der Waals surface area contributed by atoms with E-state index in [1.165, 1.54) is 6.07 Å². The zero-order chi connectivity index (χ0) is 17.1. The van der Waals surface area contributed by atoms with Crippen LogP contribution < -0.4 is 10.6 Å². The number of carbonyl (C=O) groups excluding carboxylic acids is 1. The fraction of sp³-hybridized carbons (Fsp3) is 0.438. The molecule has 0 spiro atoms. The van der Waals surface area contributed by atoms with Crippen molar-refractivity contribution >= 4 is 6.03 Å². The zero-order valence-electron chi connectivity index (χ0n) is 13.4. The molecule has 2 aromatic rings. The number of amides is 2. The highest BCUT2D eigenvalue weighted by molar-refractivity contribution is 5.74. The predicted molar refractivity (Wildman–Crippen MR) is 83.4 cm³/mol. The lowest BCUT2D eigenvalue weighted by molar-refractivity contribution is 0.238. The van der Waals surface area contributed by atoms with Gasteiger partial charge in [-0.3, -0.25) is 0 Å². The van der Waals surface area contributed by atoms with E-state index in [2.05, 4.69) is 25.4 Å². The minimum absolute atomic E-state index is 0.367. The van der Waals surface area contributed by atoms with Crippen LogP contribution in [0.25, 0.3) is 0 Å². The van der Waals surface area contributed by atoms with E-state index < -0.39 is 17.7 Å². The first-order chi connectivity index (χ1) is 11.5. The topological polar surface area (TPSA) is 71.8 Å². The van der Waals surface area contributed by atoms with Crippen molar-refractivity contribution in [2.45, 2.75) is 38.8 Å². The Hall–Kier alpha value is -2.51. The number of nitrogens with one attached hydrogen (secondary N) is 2. The molecule has 24 heavy (non-hydrogen) atoms. The smallest absolute Gasteiger partial charge is 0.315 e. The van der Waals surface area contributed by atoms with Gasteiger partial charge in [0.2, 0.25) is 0 Å². The molecule has 1 aromatic heterocycles. The summed E-state index contributed by atoms with van der Waals surface area (Å²) in [4.78, 5) is 11.9. The van der Waals surface area contributed by atoms with E-state index in [1.807, 2.05) is 0 Å². The number of hydrogen-bond donors (Lipinski definition) is 2. The van der Waals surface area contributed by atoms with Crippen molar-refractivity contribution in [2.75, 3.05) is 6.54 Å². The largest absolute Gasteiger partial charge is 0.338 e. The lowest BCUT2D eigenvalue weighted by Crippen LogP contribution is -2.38. The summed E-state index contributed by atoms with van der Waals surface area (Å²) < 4.78 is 28.2. The summed E-state index contributed by atoms with van der Waals surface area (Å²) >= 11 is 0. The molecule has 0 fully saturated rings. The van der Waals surface area contributed by atoms with E-state index in [0.717, 1.165) is 43.2 Å². The summed E-state index contributed by atoms with van der Waals surface area (Å²) in [6.45, 7) is 3.06. The van der Waals surface area contributed by atoms with Crippen molar-refractivity contribution in [3.8, 4) is 0 Å². The highest BCUT2D eigenvalue weighted by Crippen LogP contribution is 2.16. The molecular formula is C16H19F2N5O. The second-order valence-electron chi connectivity index (χ2n) is 5.83. The standard InChI is InChI=1S/C16H19F2N5O/c1-10(11-4-5-12(17)13(18)9-11)20-16(24)19-7-6-15-22-21-14-3-2-8-23(14)15/h4-5,9-10H,2-3,6-8H2,1H3,(H2,19,20,24)/t10-/m0/s1. The Balaban J connectivity index is 1.47. The number of halogens is 2. The molecule has 2 N–H and O–H groups in total. The van der Waals surface area contributed by atoms with Gasteiger partial charge in [0.25, 0.3) is 0 Å². The molecule has 0 bridgehead atoms. The monoisotopic (exact) mass is 335 g/mol. The summed E-state index contributed by atoms with van der Waals surface area (Å²) in [7, 11) is 0. The maximum absolute atomic E-state index is 13.2. The number of aromatic nitrogens is 3. The van der Waals surface area contributed by atoms with Crippen LogP contribution in [0.5, 0.6) is 0 Å². The number of nitrogens with zero attached hydrogens (tertiary/aromatic N) is 3. The molecule has 128 valence electrons. The number of hydrogen-bond acceptors (Lipinski definition) is 3. The van der Waals surface area contributed by atoms with Crippen molar-refractivity contribution in [1.29, 1.82) is 0 Å². The van der Waals surface area contributed by atoms with Gasteiger partial charge in [0.05, 0.1) is 6.04 Å². The van der Waals surface area contributed by atoms with Crippen LogP contribution in [-0.4, -0.2) is 27.3 Å². The lowest BCUT2D eigenvalue weighted by Gasteiger charge is -2.15. The van der Waals surface area contributed by atoms with E-state index >= 15 is 0 Å². The Bertz CT molecular complexity index is 746. The van der Waals surface area contributed by atoms with Gasteiger partial charge in [-0.05, 0) is 31.0 Å². The van der Waals surface area contributed by atoms with Crippen LogP contribution in [0.2, 0.25) is 0 Å². The van der Waals surface area contributed by atoms with E-state index in [4.69, 9.17) is 0 Å². The van der Waals surface area contributed by atoms with Crippen LogP contribution in [0.1, 0.15) is 36.6 Å². The maximum atomic E-state index is 13.2. The molecule has 0 saturated heterocycles. The van der Waals surface area contributed by atoms with Gasteiger partial charge in [-0.25, -0.2) is 13.6 Å². The first-order valence-corrected chi connectivity index (χ1v) is 7.95. The third kappa shape index (κ3) is 3.52. The van der Waals surface area contributed by atoms with Gasteiger partial charge in [-0.2, -0.15) is 0 Å². The molecule has 1 aliphatic heterocycles. The van der Waals surface area contributed by atoms with Gasteiger partial charge in [0.1, 0.15) is 11.6 Å². The van der Waals surface area contributed by atoms with Crippen molar-refractivity contribution < 1.29 is 13.6 Å². The van der Waals surface area contributed by atoms with Gasteiger partial charge in [-0.1, -0.05) is 6.07 Å². The average molecular weight is 335 g/mol. The van der Waals surface area contributed by atoms with Gasteiger partial charge in [0.15, 0.2) is 11.6 Å². The SMILES string of the molecule is C[C@H](NC(=O)NCCc1nnc2n1CCC2)c1ccc(F)c(F)c1. The molecule has 2 amide bonds. The fourth-order valence-corrected chi connectivity index (χ4v) is 2.80. The highest BCUT2D eigenvalue weighted by atomic mass is 19.2. The summed E-state index contributed by atoms with van der Waals surface area (Å²) in [5, 5.41) is 13.7. The Morgan fingerprint density at radius 2 is 2.17 bits per heavy atom. The number of aryl methyl sites for hydroxylation is 1. The molecule has 1 atom stereocenters. The summed E-state index contributed by atoms with van der Waals surface area (Å²) in [5.41, 5.74) is 0.499. The summed E-state index contributed by atoms with van der Waals surface area (Å²) in [6.07, 6.45) is 2.63.